The second-order valence-corrected chi connectivity index (χ2v) is 4.31. The topological polar surface area (TPSA) is 78.4 Å². The summed E-state index contributed by atoms with van der Waals surface area (Å²) in [5.41, 5.74) is 1.58. The average Bonchev–Trinajstić information content (AvgIpc) is 2.47. The van der Waals surface area contributed by atoms with Crippen LogP contribution in [0, 0.1) is 0 Å². The minimum Gasteiger partial charge on any atom is -0.478 e. The van der Waals surface area contributed by atoms with Gasteiger partial charge in [-0.3, -0.25) is 0 Å². The summed E-state index contributed by atoms with van der Waals surface area (Å²) in [4.78, 5) is 22.7. The van der Waals surface area contributed by atoms with Crippen molar-refractivity contribution in [3.63, 3.8) is 0 Å². The molecule has 0 unspecified atom stereocenters. The first-order chi connectivity index (χ1) is 10.1. The number of carbonyl (C=O) groups excluding carboxylic acids is 1. The van der Waals surface area contributed by atoms with E-state index in [0.717, 1.165) is 0 Å². The maximum Gasteiger partial charge on any atom is 0.335 e. The molecule has 0 aliphatic rings. The van der Waals surface area contributed by atoms with Gasteiger partial charge in [-0.25, -0.2) is 9.59 Å². The van der Waals surface area contributed by atoms with Crippen molar-refractivity contribution in [3.05, 3.63) is 66.7 Å². The highest BCUT2D eigenvalue weighted by atomic mass is 16.4. The minimum atomic E-state index is -1.10. The maximum absolute atomic E-state index is 11.8. The first-order valence-electron chi connectivity index (χ1n) is 6.22. The highest BCUT2D eigenvalue weighted by molar-refractivity contribution is 6.14. The van der Waals surface area contributed by atoms with Crippen LogP contribution in [-0.2, 0) is 4.79 Å². The Morgan fingerprint density at radius 3 is 2.19 bits per heavy atom. The Kier molecular flexibility index (Phi) is 4.36. The quantitative estimate of drug-likeness (QED) is 0.752. The summed E-state index contributed by atoms with van der Waals surface area (Å²) in [5, 5.41) is 14.2. The van der Waals surface area contributed by atoms with E-state index in [1.807, 2.05) is 18.2 Å². The number of hydrogen-bond acceptors (Lipinski definition) is 2. The fourth-order valence-electron chi connectivity index (χ4n) is 1.72. The third-order valence-corrected chi connectivity index (χ3v) is 2.76. The van der Waals surface area contributed by atoms with E-state index in [1.54, 1.807) is 36.4 Å². The number of benzene rings is 2. The van der Waals surface area contributed by atoms with E-state index in [1.165, 1.54) is 0 Å². The second kappa shape index (κ2) is 6.38. The molecule has 3 N–H and O–H groups in total. The Balaban J connectivity index is 2.06. The van der Waals surface area contributed by atoms with Crippen molar-refractivity contribution in [1.82, 2.24) is 0 Å². The zero-order valence-corrected chi connectivity index (χ0v) is 11.2. The number of para-hydroxylation sites is 1. The highest BCUT2D eigenvalue weighted by Gasteiger charge is 2.08. The van der Waals surface area contributed by atoms with Crippen LogP contribution >= 0.6 is 0 Å². The van der Waals surface area contributed by atoms with Crippen molar-refractivity contribution in [2.24, 2.45) is 0 Å². The van der Waals surface area contributed by atoms with Gasteiger partial charge in [-0.2, -0.15) is 0 Å². The Morgan fingerprint density at radius 1 is 0.905 bits per heavy atom. The molecule has 0 aromatic heterocycles. The fraction of sp³-hybridized carbons (Fsp3) is 0. The monoisotopic (exact) mass is 282 g/mol. The number of carboxylic acid groups (broad SMARTS) is 1. The summed E-state index contributed by atoms with van der Waals surface area (Å²) >= 11 is 0. The summed E-state index contributed by atoms with van der Waals surface area (Å²) in [6.07, 6.45) is 0. The molecule has 0 aliphatic heterocycles. The third kappa shape index (κ3) is 3.94. The minimum absolute atomic E-state index is 0.0258. The zero-order chi connectivity index (χ0) is 15.2. The van der Waals surface area contributed by atoms with Gasteiger partial charge in [0.2, 0.25) is 0 Å². The van der Waals surface area contributed by atoms with E-state index in [9.17, 15) is 9.59 Å². The van der Waals surface area contributed by atoms with Gasteiger partial charge in [-0.05, 0) is 29.8 Å². The van der Waals surface area contributed by atoms with Crippen LogP contribution in [-0.4, -0.2) is 17.1 Å². The molecule has 2 rings (SSSR count). The van der Waals surface area contributed by atoms with E-state index in [0.29, 0.717) is 16.9 Å². The summed E-state index contributed by atoms with van der Waals surface area (Å²) in [7, 11) is 0. The first kappa shape index (κ1) is 14.3. The molecule has 0 saturated carbocycles. The van der Waals surface area contributed by atoms with E-state index >= 15 is 0 Å². The van der Waals surface area contributed by atoms with Crippen LogP contribution in [0.1, 0.15) is 5.56 Å². The zero-order valence-electron chi connectivity index (χ0n) is 11.2. The van der Waals surface area contributed by atoms with E-state index < -0.39 is 12.0 Å². The predicted molar refractivity (Wildman–Crippen MR) is 82.2 cm³/mol. The number of hydrogen-bond donors (Lipinski definition) is 3. The summed E-state index contributed by atoms with van der Waals surface area (Å²) in [6, 6.07) is 15.1. The van der Waals surface area contributed by atoms with Crippen molar-refractivity contribution in [3.8, 4) is 0 Å². The number of amides is 2. The molecule has 2 aromatic carbocycles. The molecule has 5 nitrogen and oxygen atoms in total. The van der Waals surface area contributed by atoms with Gasteiger partial charge in [0.1, 0.15) is 0 Å². The molecule has 0 bridgehead atoms. The van der Waals surface area contributed by atoms with Gasteiger partial charge in [0, 0.05) is 11.4 Å². The summed E-state index contributed by atoms with van der Waals surface area (Å²) in [5.74, 6) is -1.10. The van der Waals surface area contributed by atoms with E-state index in [-0.39, 0.29) is 5.57 Å². The molecule has 0 radical (unpaired) electrons. The van der Waals surface area contributed by atoms with Crippen molar-refractivity contribution < 1.29 is 14.7 Å². The van der Waals surface area contributed by atoms with Gasteiger partial charge >= 0.3 is 12.0 Å². The average molecular weight is 282 g/mol. The van der Waals surface area contributed by atoms with E-state index in [4.69, 9.17) is 5.11 Å². The fourth-order valence-corrected chi connectivity index (χ4v) is 1.72. The van der Waals surface area contributed by atoms with Crippen LogP contribution in [0.25, 0.3) is 5.57 Å². The molecular weight excluding hydrogens is 268 g/mol. The maximum atomic E-state index is 11.8. The Bertz CT molecular complexity index is 681. The number of carboxylic acids is 1. The predicted octanol–water partition coefficient (Wildman–Crippen LogP) is 3.43. The van der Waals surface area contributed by atoms with Crippen molar-refractivity contribution >= 4 is 28.9 Å². The molecule has 0 saturated heterocycles. The molecule has 0 spiro atoms. The van der Waals surface area contributed by atoms with Gasteiger partial charge in [0.25, 0.3) is 0 Å². The third-order valence-electron chi connectivity index (χ3n) is 2.76. The van der Waals surface area contributed by atoms with Gasteiger partial charge < -0.3 is 15.7 Å². The SMILES string of the molecule is C=C(C(=O)O)c1cccc(NC(=O)Nc2ccccc2)c1. The van der Waals surface area contributed by atoms with Gasteiger partial charge in [0.05, 0.1) is 5.57 Å². The molecule has 2 amide bonds. The molecule has 0 aliphatic carbocycles. The van der Waals surface area contributed by atoms with Crippen LogP contribution < -0.4 is 10.6 Å². The van der Waals surface area contributed by atoms with Crippen molar-refractivity contribution in [1.29, 1.82) is 0 Å². The summed E-state index contributed by atoms with van der Waals surface area (Å²) in [6.45, 7) is 3.48. The summed E-state index contributed by atoms with van der Waals surface area (Å²) < 4.78 is 0. The Morgan fingerprint density at radius 2 is 1.52 bits per heavy atom. The molecule has 5 heteroatoms. The molecule has 2 aromatic rings. The number of anilines is 2. The number of aliphatic carboxylic acids is 1. The molecular formula is C16H14N2O3. The van der Waals surface area contributed by atoms with Crippen molar-refractivity contribution in [2.75, 3.05) is 10.6 Å². The number of rotatable bonds is 4. The van der Waals surface area contributed by atoms with Crippen LogP contribution in [0.5, 0.6) is 0 Å². The van der Waals surface area contributed by atoms with Crippen molar-refractivity contribution in [2.45, 2.75) is 0 Å². The number of nitrogens with one attached hydrogen (secondary N) is 2. The van der Waals surface area contributed by atoms with Crippen LogP contribution in [0.3, 0.4) is 0 Å². The second-order valence-electron chi connectivity index (χ2n) is 4.31. The van der Waals surface area contributed by atoms with Gasteiger partial charge in [0.15, 0.2) is 0 Å². The standard InChI is InChI=1S/C16H14N2O3/c1-11(15(19)20)12-6-5-9-14(10-12)18-16(21)17-13-7-3-2-4-8-13/h2-10H,1H2,(H,19,20)(H2,17,18,21). The Hall–Kier alpha value is -3.08. The Labute approximate surface area is 121 Å². The molecule has 21 heavy (non-hydrogen) atoms. The van der Waals surface area contributed by atoms with E-state index in [2.05, 4.69) is 17.2 Å². The van der Waals surface area contributed by atoms with Gasteiger partial charge in [-0.1, -0.05) is 36.9 Å². The lowest BCUT2D eigenvalue weighted by molar-refractivity contribution is -0.130. The highest BCUT2D eigenvalue weighted by Crippen LogP contribution is 2.18. The first-order valence-corrected chi connectivity index (χ1v) is 6.22. The molecule has 0 fully saturated rings. The van der Waals surface area contributed by atoms with Crippen LogP contribution in [0.15, 0.2) is 61.2 Å². The largest absolute Gasteiger partial charge is 0.478 e. The van der Waals surface area contributed by atoms with Gasteiger partial charge in [-0.15, -0.1) is 0 Å². The molecule has 0 heterocycles. The smallest absolute Gasteiger partial charge is 0.335 e. The normalized spacial score (nSPS) is 9.71. The lowest BCUT2D eigenvalue weighted by Crippen LogP contribution is -2.19. The number of urea groups is 1. The number of carbonyl (C=O) groups is 2. The lowest BCUT2D eigenvalue weighted by Gasteiger charge is -2.09. The molecule has 106 valence electrons. The van der Waals surface area contributed by atoms with Crippen LogP contribution in [0.4, 0.5) is 16.2 Å². The van der Waals surface area contributed by atoms with Crippen LogP contribution in [0.2, 0.25) is 0 Å². The lowest BCUT2D eigenvalue weighted by atomic mass is 10.1. The molecule has 0 atom stereocenters.